The second kappa shape index (κ2) is 10.1. The predicted octanol–water partition coefficient (Wildman–Crippen LogP) is 12.5. The first-order valence-electron chi connectivity index (χ1n) is 16.0. The molecule has 0 bridgehead atoms. The average Bonchev–Trinajstić information content (AvgIpc) is 3.69. The number of aromatic nitrogens is 1. The third-order valence-electron chi connectivity index (χ3n) is 9.54. The fourth-order valence-corrected chi connectivity index (χ4v) is 7.49. The van der Waals surface area contributed by atoms with Crippen LogP contribution in [0.4, 0.5) is 17.1 Å². The van der Waals surface area contributed by atoms with Gasteiger partial charge in [-0.25, -0.2) is 0 Å². The molecule has 2 heterocycles. The minimum atomic E-state index is 0.876. The molecule has 8 aromatic carbocycles. The Morgan fingerprint density at radius 1 is 0.426 bits per heavy atom. The van der Waals surface area contributed by atoms with Crippen LogP contribution in [-0.2, 0) is 0 Å². The van der Waals surface area contributed by atoms with E-state index in [1.807, 2.05) is 0 Å². The van der Waals surface area contributed by atoms with Gasteiger partial charge in [-0.2, -0.15) is 0 Å². The summed E-state index contributed by atoms with van der Waals surface area (Å²) >= 11 is 0. The smallest absolute Gasteiger partial charge is 0.143 e. The number of anilines is 3. The molecule has 0 atom stereocenters. The van der Waals surface area contributed by atoms with Gasteiger partial charge in [0.25, 0.3) is 0 Å². The van der Waals surface area contributed by atoms with Crippen molar-refractivity contribution in [1.82, 2.24) is 4.57 Å². The molecular formula is C44H28N2O. The van der Waals surface area contributed by atoms with Gasteiger partial charge in [0.05, 0.1) is 27.8 Å². The third-order valence-corrected chi connectivity index (χ3v) is 9.54. The van der Waals surface area contributed by atoms with Crippen LogP contribution in [-0.4, -0.2) is 4.57 Å². The van der Waals surface area contributed by atoms with E-state index in [-0.39, 0.29) is 0 Å². The maximum Gasteiger partial charge on any atom is 0.143 e. The van der Waals surface area contributed by atoms with E-state index in [1.54, 1.807) is 0 Å². The molecule has 0 spiro atoms. The number of benzene rings is 8. The molecule has 47 heavy (non-hydrogen) atoms. The van der Waals surface area contributed by atoms with Crippen molar-refractivity contribution in [2.75, 3.05) is 4.90 Å². The number of rotatable bonds is 4. The van der Waals surface area contributed by atoms with Gasteiger partial charge in [0.15, 0.2) is 0 Å². The SMILES string of the molecule is c1ccc(-n2c3ccccc3c3cc(N(c4cccc5ccccc45)c4cccc5oc6c7ccccc7ccc6c45)ccc32)cc1. The zero-order valence-corrected chi connectivity index (χ0v) is 25.5. The standard InChI is InChI=1S/C44H28N2O/c1-2-15-31(16-3-1)45-39-20-9-8-19-35(39)37-28-32(25-27-40(37)45)46(38-21-10-14-29-12-4-6-17-33(29)38)41-22-11-23-42-43(41)36-26-24-30-13-5-7-18-34(30)44(36)47-42/h1-28H. The Kier molecular flexibility index (Phi) is 5.57. The van der Waals surface area contributed by atoms with Crippen LogP contribution >= 0.6 is 0 Å². The van der Waals surface area contributed by atoms with Crippen LogP contribution in [0.3, 0.4) is 0 Å². The van der Waals surface area contributed by atoms with E-state index in [1.165, 1.54) is 38.0 Å². The second-order valence-electron chi connectivity index (χ2n) is 12.1. The van der Waals surface area contributed by atoms with E-state index >= 15 is 0 Å². The monoisotopic (exact) mass is 600 g/mol. The molecule has 10 rings (SSSR count). The van der Waals surface area contributed by atoms with Gasteiger partial charge in [-0.3, -0.25) is 0 Å². The highest BCUT2D eigenvalue weighted by molar-refractivity contribution is 6.20. The summed E-state index contributed by atoms with van der Waals surface area (Å²) in [7, 11) is 0. The molecular weight excluding hydrogens is 572 g/mol. The van der Waals surface area contributed by atoms with Gasteiger partial charge in [0.1, 0.15) is 11.2 Å². The van der Waals surface area contributed by atoms with Crippen molar-refractivity contribution in [2.24, 2.45) is 0 Å². The molecule has 0 saturated heterocycles. The van der Waals surface area contributed by atoms with Crippen molar-refractivity contribution < 1.29 is 4.42 Å². The molecule has 0 fully saturated rings. The lowest BCUT2D eigenvalue weighted by molar-refractivity contribution is 0.672. The molecule has 0 aliphatic rings. The van der Waals surface area contributed by atoms with Crippen molar-refractivity contribution in [1.29, 1.82) is 0 Å². The summed E-state index contributed by atoms with van der Waals surface area (Å²) in [6.07, 6.45) is 0. The van der Waals surface area contributed by atoms with E-state index < -0.39 is 0 Å². The van der Waals surface area contributed by atoms with E-state index in [9.17, 15) is 0 Å². The second-order valence-corrected chi connectivity index (χ2v) is 12.1. The normalized spacial score (nSPS) is 11.8. The number of nitrogens with zero attached hydrogens (tertiary/aromatic N) is 2. The zero-order chi connectivity index (χ0) is 30.9. The number of furan rings is 1. The van der Waals surface area contributed by atoms with Crippen LogP contribution in [0.25, 0.3) is 71.0 Å². The van der Waals surface area contributed by atoms with Gasteiger partial charge in [0, 0.05) is 38.3 Å². The average molecular weight is 601 g/mol. The maximum atomic E-state index is 6.67. The lowest BCUT2D eigenvalue weighted by atomic mass is 10.0. The van der Waals surface area contributed by atoms with Crippen molar-refractivity contribution in [3.8, 4) is 5.69 Å². The molecule has 0 unspecified atom stereocenters. The fraction of sp³-hybridized carbons (Fsp3) is 0. The van der Waals surface area contributed by atoms with Gasteiger partial charge in [-0.1, -0.05) is 109 Å². The highest BCUT2D eigenvalue weighted by Gasteiger charge is 2.23. The first kappa shape index (κ1) is 26.0. The van der Waals surface area contributed by atoms with E-state index in [2.05, 4.69) is 179 Å². The summed E-state index contributed by atoms with van der Waals surface area (Å²) in [5, 5.41) is 9.34. The summed E-state index contributed by atoms with van der Waals surface area (Å²) in [4.78, 5) is 2.42. The maximum absolute atomic E-state index is 6.67. The largest absolute Gasteiger partial charge is 0.455 e. The summed E-state index contributed by atoms with van der Waals surface area (Å²) in [6.45, 7) is 0. The Balaban J connectivity index is 1.30. The van der Waals surface area contributed by atoms with Crippen molar-refractivity contribution >= 4 is 82.4 Å². The van der Waals surface area contributed by atoms with Gasteiger partial charge < -0.3 is 13.9 Å². The summed E-state index contributed by atoms with van der Waals surface area (Å²) < 4.78 is 9.03. The summed E-state index contributed by atoms with van der Waals surface area (Å²) in [5.41, 5.74) is 8.61. The Labute approximate surface area is 271 Å². The molecule has 3 nitrogen and oxygen atoms in total. The highest BCUT2D eigenvalue weighted by Crippen LogP contribution is 2.47. The quantitative estimate of drug-likeness (QED) is 0.200. The fourth-order valence-electron chi connectivity index (χ4n) is 7.49. The molecule has 0 aliphatic carbocycles. The Morgan fingerprint density at radius 2 is 1.09 bits per heavy atom. The van der Waals surface area contributed by atoms with Crippen molar-refractivity contribution in [3.05, 3.63) is 170 Å². The lowest BCUT2D eigenvalue weighted by Gasteiger charge is -2.27. The van der Waals surface area contributed by atoms with Crippen LogP contribution in [0.15, 0.2) is 174 Å². The molecule has 220 valence electrons. The van der Waals surface area contributed by atoms with Crippen LogP contribution in [0, 0.1) is 0 Å². The van der Waals surface area contributed by atoms with Crippen molar-refractivity contribution in [2.45, 2.75) is 0 Å². The topological polar surface area (TPSA) is 21.3 Å². The molecule has 0 amide bonds. The first-order valence-corrected chi connectivity index (χ1v) is 16.0. The van der Waals surface area contributed by atoms with Crippen LogP contribution < -0.4 is 4.90 Å². The van der Waals surface area contributed by atoms with Crippen LogP contribution in [0.1, 0.15) is 0 Å². The third kappa shape index (κ3) is 3.87. The minimum Gasteiger partial charge on any atom is -0.455 e. The molecule has 0 saturated carbocycles. The molecule has 0 radical (unpaired) electrons. The number of hydrogen-bond donors (Lipinski definition) is 0. The molecule has 3 heteroatoms. The minimum absolute atomic E-state index is 0.876. The zero-order valence-electron chi connectivity index (χ0n) is 25.5. The molecule has 2 aromatic heterocycles. The number of fused-ring (bicyclic) bond motifs is 9. The first-order chi connectivity index (χ1) is 23.3. The lowest BCUT2D eigenvalue weighted by Crippen LogP contribution is -2.11. The number of hydrogen-bond acceptors (Lipinski definition) is 2. The summed E-state index contributed by atoms with van der Waals surface area (Å²) in [5.74, 6) is 0. The van der Waals surface area contributed by atoms with Gasteiger partial charge in [0.2, 0.25) is 0 Å². The van der Waals surface area contributed by atoms with Gasteiger partial charge >= 0.3 is 0 Å². The van der Waals surface area contributed by atoms with Gasteiger partial charge in [-0.05, 0) is 71.4 Å². The van der Waals surface area contributed by atoms with Gasteiger partial charge in [-0.15, -0.1) is 0 Å². The Morgan fingerprint density at radius 3 is 1.96 bits per heavy atom. The Bertz CT molecular complexity index is 2800. The predicted molar refractivity (Wildman–Crippen MR) is 198 cm³/mol. The van der Waals surface area contributed by atoms with Crippen LogP contribution in [0.2, 0.25) is 0 Å². The van der Waals surface area contributed by atoms with Crippen molar-refractivity contribution in [3.63, 3.8) is 0 Å². The molecule has 0 aliphatic heterocycles. The van der Waals surface area contributed by atoms with E-state index in [4.69, 9.17) is 4.42 Å². The van der Waals surface area contributed by atoms with E-state index in [0.29, 0.717) is 0 Å². The molecule has 10 aromatic rings. The summed E-state index contributed by atoms with van der Waals surface area (Å²) in [6, 6.07) is 60.8. The Hall–Kier alpha value is -6.32. The van der Waals surface area contributed by atoms with Crippen LogP contribution in [0.5, 0.6) is 0 Å². The highest BCUT2D eigenvalue weighted by atomic mass is 16.3. The van der Waals surface area contributed by atoms with E-state index in [0.717, 1.165) is 50.1 Å². The number of para-hydroxylation sites is 2. The molecule has 0 N–H and O–H groups in total.